The van der Waals surface area contributed by atoms with Gasteiger partial charge in [0.2, 0.25) is 5.91 Å². The minimum Gasteiger partial charge on any atom is -0.480 e. The second-order valence-electron chi connectivity index (χ2n) is 5.27. The van der Waals surface area contributed by atoms with E-state index in [2.05, 4.69) is 0 Å². The van der Waals surface area contributed by atoms with E-state index in [1.165, 1.54) is 17.0 Å². The first kappa shape index (κ1) is 15.4. The van der Waals surface area contributed by atoms with Crippen molar-refractivity contribution < 1.29 is 23.5 Å². The first-order valence-electron chi connectivity index (χ1n) is 6.89. The highest BCUT2D eigenvalue weighted by molar-refractivity contribution is 5.86. The molecule has 0 spiro atoms. The van der Waals surface area contributed by atoms with E-state index in [9.17, 15) is 18.4 Å². The summed E-state index contributed by atoms with van der Waals surface area (Å²) < 4.78 is 26.6. The largest absolute Gasteiger partial charge is 0.480 e. The highest BCUT2D eigenvalue weighted by atomic mass is 19.1. The SMILES string of the molecule is CCCN(CC(=O)O)C(=O)C1CC1c1ccc(F)cc1F. The van der Waals surface area contributed by atoms with Gasteiger partial charge in [-0.1, -0.05) is 13.0 Å². The van der Waals surface area contributed by atoms with Gasteiger partial charge in [0.15, 0.2) is 0 Å². The van der Waals surface area contributed by atoms with Gasteiger partial charge in [0, 0.05) is 18.5 Å². The van der Waals surface area contributed by atoms with Crippen molar-refractivity contribution in [3.63, 3.8) is 0 Å². The molecule has 21 heavy (non-hydrogen) atoms. The Bertz CT molecular complexity index is 562. The lowest BCUT2D eigenvalue weighted by atomic mass is 10.1. The molecule has 1 fully saturated rings. The van der Waals surface area contributed by atoms with E-state index in [4.69, 9.17) is 5.11 Å². The van der Waals surface area contributed by atoms with Crippen LogP contribution in [0.2, 0.25) is 0 Å². The van der Waals surface area contributed by atoms with Crippen LogP contribution in [0, 0.1) is 17.6 Å². The zero-order valence-corrected chi connectivity index (χ0v) is 11.7. The van der Waals surface area contributed by atoms with E-state index in [0.717, 1.165) is 6.07 Å². The number of carboxylic acids is 1. The van der Waals surface area contributed by atoms with E-state index >= 15 is 0 Å². The molecule has 0 aromatic heterocycles. The molecule has 6 heteroatoms. The standard InChI is InChI=1S/C15H17F2NO3/c1-2-5-18(8-14(19)20)15(21)12-7-11(12)10-4-3-9(16)6-13(10)17/h3-4,6,11-12H,2,5,7-8H2,1H3,(H,19,20). The minimum atomic E-state index is -1.07. The highest BCUT2D eigenvalue weighted by Gasteiger charge is 2.47. The van der Waals surface area contributed by atoms with Gasteiger partial charge in [-0.25, -0.2) is 8.78 Å². The average molecular weight is 297 g/mol. The number of hydrogen-bond acceptors (Lipinski definition) is 2. The summed E-state index contributed by atoms with van der Waals surface area (Å²) in [6.07, 6.45) is 1.13. The third-order valence-corrected chi connectivity index (χ3v) is 3.60. The Kier molecular flexibility index (Phi) is 4.55. The molecule has 2 rings (SSSR count). The quantitative estimate of drug-likeness (QED) is 0.877. The van der Waals surface area contributed by atoms with Crippen LogP contribution in [0.3, 0.4) is 0 Å². The van der Waals surface area contributed by atoms with Gasteiger partial charge in [-0.15, -0.1) is 0 Å². The summed E-state index contributed by atoms with van der Waals surface area (Å²) in [6, 6.07) is 3.32. The van der Waals surface area contributed by atoms with Crippen LogP contribution in [0.4, 0.5) is 8.78 Å². The number of aliphatic carboxylic acids is 1. The summed E-state index contributed by atoms with van der Waals surface area (Å²) in [4.78, 5) is 24.3. The maximum Gasteiger partial charge on any atom is 0.323 e. The van der Waals surface area contributed by atoms with Crippen LogP contribution in [-0.2, 0) is 9.59 Å². The lowest BCUT2D eigenvalue weighted by Gasteiger charge is -2.20. The van der Waals surface area contributed by atoms with Crippen molar-refractivity contribution in [3.05, 3.63) is 35.4 Å². The maximum atomic E-state index is 13.7. The van der Waals surface area contributed by atoms with Crippen LogP contribution >= 0.6 is 0 Å². The zero-order chi connectivity index (χ0) is 15.6. The van der Waals surface area contributed by atoms with Crippen molar-refractivity contribution >= 4 is 11.9 Å². The number of benzene rings is 1. The molecule has 0 aliphatic heterocycles. The smallest absolute Gasteiger partial charge is 0.323 e. The van der Waals surface area contributed by atoms with E-state index < -0.39 is 23.5 Å². The lowest BCUT2D eigenvalue weighted by molar-refractivity contribution is -0.145. The molecule has 1 aliphatic carbocycles. The molecular formula is C15H17F2NO3. The fourth-order valence-corrected chi connectivity index (χ4v) is 2.55. The van der Waals surface area contributed by atoms with Crippen LogP contribution in [0.15, 0.2) is 18.2 Å². The van der Waals surface area contributed by atoms with Crippen molar-refractivity contribution in [2.75, 3.05) is 13.1 Å². The molecule has 0 bridgehead atoms. The normalized spacial score (nSPS) is 20.1. The van der Waals surface area contributed by atoms with Crippen LogP contribution in [0.25, 0.3) is 0 Å². The monoisotopic (exact) mass is 297 g/mol. The number of carbonyl (C=O) groups excluding carboxylic acids is 1. The van der Waals surface area contributed by atoms with Gasteiger partial charge in [0.05, 0.1) is 0 Å². The molecule has 2 unspecified atom stereocenters. The molecule has 1 aromatic rings. The number of nitrogens with zero attached hydrogens (tertiary/aromatic N) is 1. The molecule has 0 heterocycles. The summed E-state index contributed by atoms with van der Waals surface area (Å²) in [5.74, 6) is -3.34. The summed E-state index contributed by atoms with van der Waals surface area (Å²) in [5, 5.41) is 8.82. The molecule has 2 atom stereocenters. The zero-order valence-electron chi connectivity index (χ0n) is 11.7. The third kappa shape index (κ3) is 3.56. The van der Waals surface area contributed by atoms with Gasteiger partial charge >= 0.3 is 5.97 Å². The van der Waals surface area contributed by atoms with Gasteiger partial charge in [0.1, 0.15) is 18.2 Å². The van der Waals surface area contributed by atoms with E-state index in [0.29, 0.717) is 24.9 Å². The minimum absolute atomic E-state index is 0.270. The molecule has 1 N–H and O–H groups in total. The topological polar surface area (TPSA) is 57.6 Å². The van der Waals surface area contributed by atoms with Gasteiger partial charge in [-0.2, -0.15) is 0 Å². The molecule has 4 nitrogen and oxygen atoms in total. The van der Waals surface area contributed by atoms with Gasteiger partial charge in [0.25, 0.3) is 0 Å². The first-order chi connectivity index (χ1) is 9.93. The summed E-state index contributed by atoms with van der Waals surface area (Å²) in [5.41, 5.74) is 0.321. The molecule has 0 saturated heterocycles. The predicted octanol–water partition coefficient (Wildman–Crippen LogP) is 2.39. The highest BCUT2D eigenvalue weighted by Crippen LogP contribution is 2.49. The van der Waals surface area contributed by atoms with Crippen molar-refractivity contribution in [1.29, 1.82) is 0 Å². The van der Waals surface area contributed by atoms with E-state index in [-0.39, 0.29) is 18.4 Å². The Balaban J connectivity index is 2.06. The molecule has 1 amide bonds. The molecular weight excluding hydrogens is 280 g/mol. The second kappa shape index (κ2) is 6.20. The summed E-state index contributed by atoms with van der Waals surface area (Å²) in [6.45, 7) is 1.87. The Hall–Kier alpha value is -1.98. The number of amides is 1. The average Bonchev–Trinajstić information content (AvgIpc) is 3.17. The van der Waals surface area contributed by atoms with Crippen molar-refractivity contribution in [3.8, 4) is 0 Å². The summed E-state index contributed by atoms with van der Waals surface area (Å²) >= 11 is 0. The van der Waals surface area contributed by atoms with Gasteiger partial charge in [-0.3, -0.25) is 9.59 Å². The van der Waals surface area contributed by atoms with Crippen LogP contribution in [-0.4, -0.2) is 35.0 Å². The Morgan fingerprint density at radius 1 is 1.38 bits per heavy atom. The maximum absolute atomic E-state index is 13.7. The number of hydrogen-bond donors (Lipinski definition) is 1. The molecule has 1 saturated carbocycles. The number of halogens is 2. The van der Waals surface area contributed by atoms with Gasteiger partial charge < -0.3 is 10.0 Å². The third-order valence-electron chi connectivity index (χ3n) is 3.60. The number of carbonyl (C=O) groups is 2. The van der Waals surface area contributed by atoms with Crippen molar-refractivity contribution in [1.82, 2.24) is 4.90 Å². The Morgan fingerprint density at radius 2 is 2.10 bits per heavy atom. The molecule has 0 radical (unpaired) electrons. The van der Waals surface area contributed by atoms with Crippen LogP contribution < -0.4 is 0 Å². The van der Waals surface area contributed by atoms with Crippen molar-refractivity contribution in [2.45, 2.75) is 25.7 Å². The van der Waals surface area contributed by atoms with E-state index in [1.807, 2.05) is 6.92 Å². The molecule has 114 valence electrons. The summed E-state index contributed by atoms with van der Waals surface area (Å²) in [7, 11) is 0. The molecule has 1 aliphatic rings. The van der Waals surface area contributed by atoms with Crippen LogP contribution in [0.5, 0.6) is 0 Å². The lowest BCUT2D eigenvalue weighted by Crippen LogP contribution is -2.37. The Morgan fingerprint density at radius 3 is 2.67 bits per heavy atom. The molecule has 1 aromatic carbocycles. The fourth-order valence-electron chi connectivity index (χ4n) is 2.55. The second-order valence-corrected chi connectivity index (χ2v) is 5.27. The Labute approximate surface area is 121 Å². The van der Waals surface area contributed by atoms with Crippen molar-refractivity contribution in [2.24, 2.45) is 5.92 Å². The first-order valence-corrected chi connectivity index (χ1v) is 6.89. The predicted molar refractivity (Wildman–Crippen MR) is 71.7 cm³/mol. The number of carboxylic acid groups (broad SMARTS) is 1. The van der Waals surface area contributed by atoms with Gasteiger partial charge in [-0.05, 0) is 30.4 Å². The van der Waals surface area contributed by atoms with E-state index in [1.54, 1.807) is 0 Å². The van der Waals surface area contributed by atoms with Crippen LogP contribution in [0.1, 0.15) is 31.2 Å². The fraction of sp³-hybridized carbons (Fsp3) is 0.467. The number of rotatable bonds is 6.